The minimum Gasteiger partial charge on any atom is -0.460 e. The summed E-state index contributed by atoms with van der Waals surface area (Å²) in [5, 5.41) is 0. The fourth-order valence-electron chi connectivity index (χ4n) is 2.43. The molecule has 1 aliphatic carbocycles. The van der Waals surface area contributed by atoms with Crippen LogP contribution in [0.2, 0.25) is 0 Å². The van der Waals surface area contributed by atoms with Crippen molar-refractivity contribution >= 4 is 0 Å². The van der Waals surface area contributed by atoms with E-state index in [1.165, 1.54) is 5.57 Å². The third-order valence-electron chi connectivity index (χ3n) is 3.32. The average Bonchev–Trinajstić information content (AvgIpc) is 2.58. The standard InChI is InChI=1S/C15H20O2/c1-6-7-15(10(2)3)16-13-9-11(4)8-12(5)14(13)17-15/h6,8-9,12,14H,1-2,7H2,3-5H3. The van der Waals surface area contributed by atoms with Crippen LogP contribution >= 0.6 is 0 Å². The van der Waals surface area contributed by atoms with E-state index in [-0.39, 0.29) is 6.10 Å². The van der Waals surface area contributed by atoms with Crippen LogP contribution in [0.15, 0.2) is 48.3 Å². The molecule has 1 heterocycles. The predicted octanol–water partition coefficient (Wildman–Crippen LogP) is 3.73. The van der Waals surface area contributed by atoms with E-state index in [0.717, 1.165) is 11.3 Å². The molecule has 17 heavy (non-hydrogen) atoms. The molecule has 1 saturated heterocycles. The van der Waals surface area contributed by atoms with Gasteiger partial charge in [-0.2, -0.15) is 0 Å². The van der Waals surface area contributed by atoms with Gasteiger partial charge in [-0.25, -0.2) is 0 Å². The van der Waals surface area contributed by atoms with Gasteiger partial charge in [0.15, 0.2) is 0 Å². The second-order valence-electron chi connectivity index (χ2n) is 4.98. The van der Waals surface area contributed by atoms with E-state index in [9.17, 15) is 0 Å². The van der Waals surface area contributed by atoms with Crippen molar-refractivity contribution in [3.05, 3.63) is 48.3 Å². The fourth-order valence-corrected chi connectivity index (χ4v) is 2.43. The molecule has 0 N–H and O–H groups in total. The molecule has 0 amide bonds. The van der Waals surface area contributed by atoms with Crippen LogP contribution in [0.4, 0.5) is 0 Å². The summed E-state index contributed by atoms with van der Waals surface area (Å²) in [5.74, 6) is 0.536. The lowest BCUT2D eigenvalue weighted by Crippen LogP contribution is -2.32. The Morgan fingerprint density at radius 2 is 2.29 bits per heavy atom. The van der Waals surface area contributed by atoms with Crippen LogP contribution in [0.1, 0.15) is 27.2 Å². The Labute approximate surface area is 103 Å². The van der Waals surface area contributed by atoms with E-state index < -0.39 is 5.79 Å². The third-order valence-corrected chi connectivity index (χ3v) is 3.32. The number of rotatable bonds is 3. The van der Waals surface area contributed by atoms with Crippen molar-refractivity contribution in [1.29, 1.82) is 0 Å². The first-order chi connectivity index (χ1) is 7.98. The van der Waals surface area contributed by atoms with Crippen molar-refractivity contribution in [1.82, 2.24) is 0 Å². The Hall–Kier alpha value is -1.28. The van der Waals surface area contributed by atoms with Crippen molar-refractivity contribution in [2.45, 2.75) is 39.1 Å². The SMILES string of the molecule is C=CCC1(C(=C)C)OC2=CC(C)=CC(C)C2O1. The number of allylic oxidation sites excluding steroid dienone is 2. The van der Waals surface area contributed by atoms with Gasteiger partial charge < -0.3 is 9.47 Å². The second kappa shape index (κ2) is 4.19. The second-order valence-corrected chi connectivity index (χ2v) is 4.98. The molecule has 0 aromatic rings. The average molecular weight is 232 g/mol. The largest absolute Gasteiger partial charge is 0.460 e. The zero-order valence-electron chi connectivity index (χ0n) is 10.8. The van der Waals surface area contributed by atoms with E-state index in [2.05, 4.69) is 39.2 Å². The number of ether oxygens (including phenoxy) is 2. The summed E-state index contributed by atoms with van der Waals surface area (Å²) < 4.78 is 12.1. The summed E-state index contributed by atoms with van der Waals surface area (Å²) in [4.78, 5) is 0. The predicted molar refractivity (Wildman–Crippen MR) is 69.3 cm³/mol. The molecule has 0 spiro atoms. The molecule has 2 rings (SSSR count). The van der Waals surface area contributed by atoms with Crippen LogP contribution in [0.25, 0.3) is 0 Å². The van der Waals surface area contributed by atoms with Crippen LogP contribution in [-0.2, 0) is 9.47 Å². The quantitative estimate of drug-likeness (QED) is 0.690. The molecular weight excluding hydrogens is 212 g/mol. The molecule has 0 aromatic carbocycles. The summed E-state index contributed by atoms with van der Waals surface area (Å²) in [7, 11) is 0. The molecule has 0 saturated carbocycles. The smallest absolute Gasteiger partial charge is 0.236 e. The highest BCUT2D eigenvalue weighted by atomic mass is 16.7. The molecule has 92 valence electrons. The summed E-state index contributed by atoms with van der Waals surface area (Å²) in [6, 6.07) is 0. The molecule has 2 aliphatic rings. The van der Waals surface area contributed by atoms with Gasteiger partial charge in [-0.3, -0.25) is 0 Å². The molecule has 1 aliphatic heterocycles. The van der Waals surface area contributed by atoms with Gasteiger partial charge >= 0.3 is 0 Å². The zero-order chi connectivity index (χ0) is 12.6. The fraction of sp³-hybridized carbons (Fsp3) is 0.467. The van der Waals surface area contributed by atoms with Crippen molar-refractivity contribution in [3.63, 3.8) is 0 Å². The van der Waals surface area contributed by atoms with Crippen molar-refractivity contribution < 1.29 is 9.47 Å². The van der Waals surface area contributed by atoms with Gasteiger partial charge in [0.1, 0.15) is 11.9 Å². The first-order valence-electron chi connectivity index (χ1n) is 6.02. The normalized spacial score (nSPS) is 35.5. The first-order valence-corrected chi connectivity index (χ1v) is 6.02. The Balaban J connectivity index is 2.32. The van der Waals surface area contributed by atoms with Gasteiger partial charge in [0.25, 0.3) is 0 Å². The van der Waals surface area contributed by atoms with E-state index in [1.54, 1.807) is 0 Å². The molecule has 2 nitrogen and oxygen atoms in total. The Morgan fingerprint density at radius 3 is 2.88 bits per heavy atom. The number of hydrogen-bond donors (Lipinski definition) is 0. The van der Waals surface area contributed by atoms with Gasteiger partial charge in [0.05, 0.1) is 0 Å². The topological polar surface area (TPSA) is 18.5 Å². The maximum atomic E-state index is 6.11. The van der Waals surface area contributed by atoms with E-state index in [1.807, 2.05) is 13.0 Å². The van der Waals surface area contributed by atoms with Crippen LogP contribution < -0.4 is 0 Å². The Bertz CT molecular complexity index is 417. The van der Waals surface area contributed by atoms with Crippen molar-refractivity contribution in [3.8, 4) is 0 Å². The maximum Gasteiger partial charge on any atom is 0.236 e. The highest BCUT2D eigenvalue weighted by Crippen LogP contribution is 2.43. The lowest BCUT2D eigenvalue weighted by molar-refractivity contribution is -0.133. The van der Waals surface area contributed by atoms with Crippen LogP contribution in [-0.4, -0.2) is 11.9 Å². The zero-order valence-corrected chi connectivity index (χ0v) is 10.8. The van der Waals surface area contributed by atoms with Gasteiger partial charge in [0.2, 0.25) is 5.79 Å². The molecule has 3 unspecified atom stereocenters. The molecule has 0 radical (unpaired) electrons. The number of fused-ring (bicyclic) bond motifs is 1. The molecule has 3 atom stereocenters. The van der Waals surface area contributed by atoms with Crippen LogP contribution in [0, 0.1) is 5.92 Å². The maximum absolute atomic E-state index is 6.11. The Morgan fingerprint density at radius 1 is 1.59 bits per heavy atom. The molecular formula is C15H20O2. The molecule has 0 bridgehead atoms. The van der Waals surface area contributed by atoms with Crippen LogP contribution in [0.5, 0.6) is 0 Å². The highest BCUT2D eigenvalue weighted by molar-refractivity contribution is 5.31. The highest BCUT2D eigenvalue weighted by Gasteiger charge is 2.47. The lowest BCUT2D eigenvalue weighted by atomic mass is 9.94. The van der Waals surface area contributed by atoms with E-state index >= 15 is 0 Å². The molecule has 1 fully saturated rings. The minimum atomic E-state index is -0.717. The van der Waals surface area contributed by atoms with E-state index in [4.69, 9.17) is 9.47 Å². The molecule has 2 heteroatoms. The van der Waals surface area contributed by atoms with Gasteiger partial charge in [-0.15, -0.1) is 6.58 Å². The summed E-state index contributed by atoms with van der Waals surface area (Å²) in [6.45, 7) is 13.9. The van der Waals surface area contributed by atoms with E-state index in [0.29, 0.717) is 12.3 Å². The van der Waals surface area contributed by atoms with Crippen molar-refractivity contribution in [2.75, 3.05) is 0 Å². The monoisotopic (exact) mass is 232 g/mol. The lowest BCUT2D eigenvalue weighted by Gasteiger charge is -2.27. The third kappa shape index (κ3) is 1.98. The minimum absolute atomic E-state index is 0.00958. The molecule has 0 aromatic heterocycles. The first kappa shape index (κ1) is 12.2. The van der Waals surface area contributed by atoms with Gasteiger partial charge in [-0.05, 0) is 25.5 Å². The van der Waals surface area contributed by atoms with Crippen molar-refractivity contribution in [2.24, 2.45) is 5.92 Å². The van der Waals surface area contributed by atoms with Crippen LogP contribution in [0.3, 0.4) is 0 Å². The summed E-state index contributed by atoms with van der Waals surface area (Å²) >= 11 is 0. The summed E-state index contributed by atoms with van der Waals surface area (Å²) in [5.41, 5.74) is 2.11. The van der Waals surface area contributed by atoms with Gasteiger partial charge in [-0.1, -0.05) is 31.2 Å². The summed E-state index contributed by atoms with van der Waals surface area (Å²) in [6.07, 6.45) is 6.72. The van der Waals surface area contributed by atoms with Gasteiger partial charge in [0, 0.05) is 12.3 Å². The Kier molecular flexibility index (Phi) is 3.00. The number of hydrogen-bond acceptors (Lipinski definition) is 2.